The summed E-state index contributed by atoms with van der Waals surface area (Å²) in [5.41, 5.74) is 0.547. The maximum Gasteiger partial charge on any atom is 0.408 e. The Bertz CT molecular complexity index is 800. The van der Waals surface area contributed by atoms with E-state index in [0.29, 0.717) is 0 Å². The molecule has 1 heterocycles. The van der Waals surface area contributed by atoms with Gasteiger partial charge in [0.15, 0.2) is 5.69 Å². The Morgan fingerprint density at radius 2 is 2.12 bits per heavy atom. The van der Waals surface area contributed by atoms with E-state index in [4.69, 9.17) is 16.3 Å². The van der Waals surface area contributed by atoms with Crippen LogP contribution in [0, 0.1) is 22.0 Å². The van der Waals surface area contributed by atoms with Crippen LogP contribution in [-0.2, 0) is 11.3 Å². The molecule has 0 fully saturated rings. The average molecular weight is 346 g/mol. The summed E-state index contributed by atoms with van der Waals surface area (Å²) in [6.07, 6.45) is 0.631. The lowest BCUT2D eigenvalue weighted by molar-refractivity contribution is -0.385. The van der Waals surface area contributed by atoms with Gasteiger partial charge in [0.25, 0.3) is 0 Å². The van der Waals surface area contributed by atoms with E-state index in [1.807, 2.05) is 30.3 Å². The van der Waals surface area contributed by atoms with Crippen LogP contribution in [-0.4, -0.2) is 22.5 Å². The Kier molecular flexibility index (Phi) is 6.11. The molecule has 0 spiro atoms. The highest BCUT2D eigenvalue weighted by molar-refractivity contribution is 6.30. The van der Waals surface area contributed by atoms with Gasteiger partial charge in [0.2, 0.25) is 0 Å². The highest BCUT2D eigenvalue weighted by atomic mass is 35.5. The number of rotatable bonds is 4. The molecule has 2 rings (SSSR count). The standard InChI is InChI=1S/C16H12ClN3O4/c17-13-9-15(20(22)23)14(19-10-13)7-4-8-18-16(21)24-11-12-5-2-1-3-6-12/h1-3,5-6,9-10H,8,11H2,(H,18,21). The van der Waals surface area contributed by atoms with E-state index in [2.05, 4.69) is 22.1 Å². The minimum atomic E-state index is -0.633. The summed E-state index contributed by atoms with van der Waals surface area (Å²) in [7, 11) is 0. The molecule has 8 heteroatoms. The first kappa shape index (κ1) is 17.2. The molecule has 0 radical (unpaired) electrons. The number of nitrogens with one attached hydrogen (secondary N) is 1. The second-order valence-corrected chi connectivity index (χ2v) is 4.93. The van der Waals surface area contributed by atoms with Crippen LogP contribution in [0.5, 0.6) is 0 Å². The number of carbonyl (C=O) groups excluding carboxylic acids is 1. The molecule has 0 aliphatic rings. The van der Waals surface area contributed by atoms with E-state index >= 15 is 0 Å². The van der Waals surface area contributed by atoms with Crippen molar-refractivity contribution in [3.8, 4) is 11.8 Å². The summed E-state index contributed by atoms with van der Waals surface area (Å²) in [6.45, 7) is 0.111. The van der Waals surface area contributed by atoms with E-state index in [9.17, 15) is 14.9 Å². The van der Waals surface area contributed by atoms with Gasteiger partial charge in [0, 0.05) is 12.3 Å². The van der Waals surface area contributed by atoms with Crippen LogP contribution in [0.4, 0.5) is 10.5 Å². The molecular formula is C16H12ClN3O4. The van der Waals surface area contributed by atoms with Gasteiger partial charge < -0.3 is 10.1 Å². The van der Waals surface area contributed by atoms with Gasteiger partial charge in [0.05, 0.1) is 16.5 Å². The third kappa shape index (κ3) is 5.26. The predicted octanol–water partition coefficient (Wildman–Crippen LogP) is 2.92. The summed E-state index contributed by atoms with van der Waals surface area (Å²) in [4.78, 5) is 25.6. The number of nitrogens with zero attached hydrogens (tertiary/aromatic N) is 2. The molecule has 7 nitrogen and oxygen atoms in total. The minimum absolute atomic E-state index is 0.0242. The quantitative estimate of drug-likeness (QED) is 0.522. The molecule has 1 amide bonds. The Morgan fingerprint density at radius 1 is 1.38 bits per heavy atom. The second kappa shape index (κ2) is 8.50. The fraction of sp³-hybridized carbons (Fsp3) is 0.125. The fourth-order valence-electron chi connectivity index (χ4n) is 1.68. The van der Waals surface area contributed by atoms with Gasteiger partial charge in [-0.15, -0.1) is 0 Å². The number of hydrogen-bond donors (Lipinski definition) is 1. The lowest BCUT2D eigenvalue weighted by Gasteiger charge is -2.04. The zero-order chi connectivity index (χ0) is 17.4. The number of ether oxygens (including phenoxy) is 1. The van der Waals surface area contributed by atoms with Crippen LogP contribution in [0.1, 0.15) is 11.3 Å². The Balaban J connectivity index is 1.85. The molecule has 0 unspecified atom stereocenters. The highest BCUT2D eigenvalue weighted by Crippen LogP contribution is 2.19. The number of carbonyl (C=O) groups is 1. The first-order valence-electron chi connectivity index (χ1n) is 6.79. The molecule has 0 bridgehead atoms. The average Bonchev–Trinajstić information content (AvgIpc) is 2.58. The van der Waals surface area contributed by atoms with E-state index in [0.717, 1.165) is 5.56 Å². The molecular weight excluding hydrogens is 334 g/mol. The smallest absolute Gasteiger partial charge is 0.408 e. The van der Waals surface area contributed by atoms with Crippen LogP contribution >= 0.6 is 11.6 Å². The van der Waals surface area contributed by atoms with E-state index in [1.54, 1.807) is 0 Å². The summed E-state index contributed by atoms with van der Waals surface area (Å²) < 4.78 is 5.00. The van der Waals surface area contributed by atoms with Crippen molar-refractivity contribution in [2.45, 2.75) is 6.61 Å². The van der Waals surface area contributed by atoms with Gasteiger partial charge in [-0.05, 0) is 11.5 Å². The number of pyridine rings is 1. The van der Waals surface area contributed by atoms with Gasteiger partial charge >= 0.3 is 11.8 Å². The molecule has 1 N–H and O–H groups in total. The van der Waals surface area contributed by atoms with Gasteiger partial charge in [0.1, 0.15) is 6.61 Å². The van der Waals surface area contributed by atoms with Crippen LogP contribution in [0.2, 0.25) is 5.02 Å². The summed E-state index contributed by atoms with van der Waals surface area (Å²) in [5.74, 6) is 5.09. The first-order valence-corrected chi connectivity index (χ1v) is 7.17. The monoisotopic (exact) mass is 345 g/mol. The summed E-state index contributed by atoms with van der Waals surface area (Å²) >= 11 is 5.66. The SMILES string of the molecule is O=C(NCC#Cc1ncc(Cl)cc1[N+](=O)[O-])OCc1ccccc1. The van der Waals surface area contributed by atoms with Crippen molar-refractivity contribution in [2.75, 3.05) is 6.54 Å². The number of hydrogen-bond acceptors (Lipinski definition) is 5. The van der Waals surface area contributed by atoms with Crippen molar-refractivity contribution in [3.05, 3.63) is 69.0 Å². The number of alkyl carbamates (subject to hydrolysis) is 1. The summed E-state index contributed by atoms with van der Waals surface area (Å²) in [5, 5.41) is 13.5. The molecule has 1 aromatic carbocycles. The van der Waals surface area contributed by atoms with Crippen LogP contribution < -0.4 is 5.32 Å². The molecule has 0 saturated carbocycles. The van der Waals surface area contributed by atoms with Gasteiger partial charge in [-0.1, -0.05) is 47.9 Å². The van der Waals surface area contributed by atoms with Crippen molar-refractivity contribution in [3.63, 3.8) is 0 Å². The fourth-order valence-corrected chi connectivity index (χ4v) is 1.83. The van der Waals surface area contributed by atoms with Crippen LogP contribution in [0.25, 0.3) is 0 Å². The molecule has 1 aromatic heterocycles. The third-order valence-corrected chi connectivity index (χ3v) is 2.98. The van der Waals surface area contributed by atoms with Gasteiger partial charge in [-0.2, -0.15) is 0 Å². The van der Waals surface area contributed by atoms with E-state index in [1.165, 1.54) is 12.3 Å². The van der Waals surface area contributed by atoms with E-state index in [-0.39, 0.29) is 29.6 Å². The Hall–Kier alpha value is -3.11. The predicted molar refractivity (Wildman–Crippen MR) is 87.4 cm³/mol. The van der Waals surface area contributed by atoms with Crippen molar-refractivity contribution in [2.24, 2.45) is 0 Å². The first-order chi connectivity index (χ1) is 11.6. The minimum Gasteiger partial charge on any atom is -0.445 e. The number of benzene rings is 1. The van der Waals surface area contributed by atoms with Crippen LogP contribution in [0.15, 0.2) is 42.6 Å². The number of nitro groups is 1. The number of aromatic nitrogens is 1. The van der Waals surface area contributed by atoms with E-state index < -0.39 is 11.0 Å². The third-order valence-electron chi connectivity index (χ3n) is 2.77. The second-order valence-electron chi connectivity index (χ2n) is 4.50. The van der Waals surface area contributed by atoms with Crippen molar-refractivity contribution < 1.29 is 14.5 Å². The van der Waals surface area contributed by atoms with Crippen LogP contribution in [0.3, 0.4) is 0 Å². The van der Waals surface area contributed by atoms with Crippen molar-refractivity contribution in [1.82, 2.24) is 10.3 Å². The van der Waals surface area contributed by atoms with Gasteiger partial charge in [-0.3, -0.25) is 10.1 Å². The Labute approximate surface area is 142 Å². The maximum atomic E-state index is 11.5. The van der Waals surface area contributed by atoms with Crippen molar-refractivity contribution >= 4 is 23.4 Å². The molecule has 2 aromatic rings. The molecule has 0 aliphatic heterocycles. The highest BCUT2D eigenvalue weighted by Gasteiger charge is 2.13. The zero-order valence-electron chi connectivity index (χ0n) is 12.4. The number of amides is 1. The maximum absolute atomic E-state index is 11.5. The largest absolute Gasteiger partial charge is 0.445 e. The molecule has 24 heavy (non-hydrogen) atoms. The van der Waals surface area contributed by atoms with Crippen molar-refractivity contribution in [1.29, 1.82) is 0 Å². The summed E-state index contributed by atoms with van der Waals surface area (Å²) in [6, 6.07) is 10.4. The van der Waals surface area contributed by atoms with Gasteiger partial charge in [-0.25, -0.2) is 9.78 Å². The molecule has 0 atom stereocenters. The lowest BCUT2D eigenvalue weighted by atomic mass is 10.2. The molecule has 122 valence electrons. The number of halogens is 1. The molecule has 0 aliphatic carbocycles. The normalized spacial score (nSPS) is 9.54. The zero-order valence-corrected chi connectivity index (χ0v) is 13.1. The molecule has 0 saturated heterocycles. The topological polar surface area (TPSA) is 94.4 Å². The Morgan fingerprint density at radius 3 is 2.83 bits per heavy atom. The lowest BCUT2D eigenvalue weighted by Crippen LogP contribution is -2.24.